The number of hydrogen-bond donors (Lipinski definition) is 4. The number of esters is 1. The summed E-state index contributed by atoms with van der Waals surface area (Å²) in [6.45, 7) is 1.13. The monoisotopic (exact) mass is 765 g/mol. The lowest BCUT2D eigenvalue weighted by Crippen LogP contribution is -2.71. The Bertz CT molecular complexity index is 1940. The summed E-state index contributed by atoms with van der Waals surface area (Å²) in [5.74, 6) is -2.98. The van der Waals surface area contributed by atoms with Gasteiger partial charge in [0.15, 0.2) is 6.04 Å². The van der Waals surface area contributed by atoms with Gasteiger partial charge in [-0.15, -0.1) is 0 Å². The number of rotatable bonds is 12. The number of hydroxylamine groups is 2. The molecule has 2 saturated carbocycles. The summed E-state index contributed by atoms with van der Waals surface area (Å²) in [7, 11) is 0. The molecule has 3 aromatic carbocycles. The Morgan fingerprint density at radius 3 is 2.38 bits per heavy atom. The van der Waals surface area contributed by atoms with Gasteiger partial charge in [-0.05, 0) is 43.2 Å². The first kappa shape index (κ1) is 37.1. The van der Waals surface area contributed by atoms with Crippen molar-refractivity contribution < 1.29 is 48.4 Å². The number of amides is 2. The molecule has 4 saturated heterocycles. The smallest absolute Gasteiger partial charge is 0.327 e. The normalized spacial score (nSPS) is 33.5. The van der Waals surface area contributed by atoms with Crippen LogP contribution in [-0.2, 0) is 50.5 Å². The van der Waals surface area contributed by atoms with Gasteiger partial charge in [-0.1, -0.05) is 97.1 Å². The number of hydrogen-bond acceptors (Lipinski definition) is 11. The van der Waals surface area contributed by atoms with Crippen molar-refractivity contribution in [2.24, 2.45) is 11.3 Å². The van der Waals surface area contributed by atoms with E-state index in [4.69, 9.17) is 23.8 Å². The van der Waals surface area contributed by atoms with E-state index >= 15 is 0 Å². The number of allylic oxidation sites excluding steroid dienone is 1. The molecule has 294 valence electrons. The van der Waals surface area contributed by atoms with Gasteiger partial charge in [-0.3, -0.25) is 19.2 Å². The minimum absolute atomic E-state index is 0.0150. The predicted octanol–water partition coefficient (Wildman–Crippen LogP) is 2.73. The van der Waals surface area contributed by atoms with Crippen molar-refractivity contribution in [3.8, 4) is 0 Å². The maximum Gasteiger partial charge on any atom is 0.327 e. The Labute approximate surface area is 324 Å². The highest BCUT2D eigenvalue weighted by molar-refractivity contribution is 5.96. The first-order valence-corrected chi connectivity index (χ1v) is 19.6. The van der Waals surface area contributed by atoms with Crippen LogP contribution in [0.2, 0.25) is 0 Å². The lowest BCUT2D eigenvalue weighted by Gasteiger charge is -2.49. The van der Waals surface area contributed by atoms with Crippen molar-refractivity contribution in [2.75, 3.05) is 13.2 Å². The molecular weight excluding hydrogens is 718 g/mol. The molecule has 0 spiro atoms. The highest BCUT2D eigenvalue weighted by Crippen LogP contribution is 2.59. The summed E-state index contributed by atoms with van der Waals surface area (Å²) in [6, 6.07) is 24.3. The lowest BCUT2D eigenvalue weighted by atomic mass is 9.62. The number of aliphatic hydroxyl groups excluding tert-OH is 2. The number of fused-ring (bicyclic) bond motifs is 5. The van der Waals surface area contributed by atoms with Crippen molar-refractivity contribution in [2.45, 2.75) is 99.8 Å². The van der Waals surface area contributed by atoms with E-state index in [0.29, 0.717) is 29.3 Å². The summed E-state index contributed by atoms with van der Waals surface area (Å²) < 4.78 is 25.9. The largest absolute Gasteiger partial charge is 0.458 e. The van der Waals surface area contributed by atoms with Crippen LogP contribution < -0.4 is 10.6 Å². The summed E-state index contributed by atoms with van der Waals surface area (Å²) >= 11 is 0. The Morgan fingerprint density at radius 2 is 1.68 bits per heavy atom. The summed E-state index contributed by atoms with van der Waals surface area (Å²) in [5.41, 5.74) is 1.65. The fraction of sp³-hybridized carbons (Fsp3) is 0.465. The van der Waals surface area contributed by atoms with Gasteiger partial charge in [0.05, 0.1) is 31.5 Å². The van der Waals surface area contributed by atoms with E-state index in [1.54, 1.807) is 0 Å². The van der Waals surface area contributed by atoms with Crippen molar-refractivity contribution in [1.82, 2.24) is 15.7 Å². The van der Waals surface area contributed by atoms with Crippen LogP contribution in [0, 0.1) is 11.3 Å². The van der Waals surface area contributed by atoms with Crippen LogP contribution in [-0.4, -0.2) is 101 Å². The maximum atomic E-state index is 15.0. The second kappa shape index (κ2) is 14.8. The SMILES string of the molecule is CC(O)C(NC(=O)C12CC3OC(=O)C1N(Cc1cccc(C=CC4CCC5OC5C4)c1)OC2C1OC(c2ccccc2)(c2ccccc2)OC31)C(=O)NCCO. The molecule has 4 N–H and O–H groups in total. The van der Waals surface area contributed by atoms with E-state index in [0.717, 1.165) is 30.4 Å². The first-order valence-electron chi connectivity index (χ1n) is 19.6. The van der Waals surface area contributed by atoms with E-state index in [1.807, 2.05) is 84.9 Å². The molecule has 56 heavy (non-hydrogen) atoms. The van der Waals surface area contributed by atoms with E-state index in [9.17, 15) is 24.6 Å². The van der Waals surface area contributed by atoms with E-state index in [2.05, 4.69) is 22.8 Å². The fourth-order valence-electron chi connectivity index (χ4n) is 9.49. The average molecular weight is 766 g/mol. The molecule has 13 nitrogen and oxygen atoms in total. The van der Waals surface area contributed by atoms with Crippen LogP contribution in [0.4, 0.5) is 0 Å². The van der Waals surface area contributed by atoms with Crippen LogP contribution in [0.3, 0.4) is 0 Å². The topological polar surface area (TPSA) is 168 Å². The quantitative estimate of drug-likeness (QED) is 0.158. The minimum atomic E-state index is -1.61. The van der Waals surface area contributed by atoms with Gasteiger partial charge >= 0.3 is 5.97 Å². The zero-order valence-electron chi connectivity index (χ0n) is 31.1. The summed E-state index contributed by atoms with van der Waals surface area (Å²) in [6.07, 6.45) is 3.41. The van der Waals surface area contributed by atoms with Crippen molar-refractivity contribution >= 4 is 23.9 Å². The number of nitrogens with zero attached hydrogens (tertiary/aromatic N) is 1. The lowest BCUT2D eigenvalue weighted by molar-refractivity contribution is -0.213. The molecule has 11 unspecified atom stereocenters. The second-order valence-electron chi connectivity index (χ2n) is 15.8. The molecular formula is C43H47N3O10. The van der Waals surface area contributed by atoms with Gasteiger partial charge in [0, 0.05) is 24.1 Å². The molecule has 0 aromatic heterocycles. The first-order chi connectivity index (χ1) is 27.2. The molecule has 2 bridgehead atoms. The minimum Gasteiger partial charge on any atom is -0.458 e. The average Bonchev–Trinajstić information content (AvgIpc) is 3.73. The number of ether oxygens (including phenoxy) is 4. The maximum absolute atomic E-state index is 15.0. The Kier molecular flexibility index (Phi) is 9.81. The molecule has 2 amide bonds. The zero-order valence-corrected chi connectivity index (χ0v) is 31.1. The third-order valence-electron chi connectivity index (χ3n) is 12.2. The number of carbonyl (C=O) groups is 3. The molecule has 6 fully saturated rings. The number of nitrogens with one attached hydrogen (secondary N) is 2. The second-order valence-corrected chi connectivity index (χ2v) is 15.8. The van der Waals surface area contributed by atoms with Crippen molar-refractivity contribution in [3.63, 3.8) is 0 Å². The molecule has 3 aromatic rings. The predicted molar refractivity (Wildman–Crippen MR) is 200 cm³/mol. The molecule has 9 rings (SSSR count). The molecule has 0 radical (unpaired) electrons. The van der Waals surface area contributed by atoms with Crippen LogP contribution in [0.25, 0.3) is 6.08 Å². The Hall–Kier alpha value is -4.47. The highest BCUT2D eigenvalue weighted by Gasteiger charge is 2.76. The van der Waals surface area contributed by atoms with Crippen LogP contribution in [0.15, 0.2) is 91.0 Å². The van der Waals surface area contributed by atoms with Gasteiger partial charge in [0.2, 0.25) is 17.6 Å². The van der Waals surface area contributed by atoms with Crippen molar-refractivity contribution in [3.05, 3.63) is 113 Å². The molecule has 13 heteroatoms. The Morgan fingerprint density at radius 1 is 0.946 bits per heavy atom. The standard InChI is InChI=1S/C43H47N3O10/c1-25(48)34(39(49)44-19-20-47)45-41(51)42-23-33-35-36(55-43(54-35,29-11-4-2-5-12-29)30-13-6-3-7-14-30)38(42)56-46(37(42)40(50)53-33)24-28-10-8-9-26(21-28)15-16-27-17-18-31-32(22-27)52-31/h2-16,21,25,27,31-38,47-48H,17-20,22-24H2,1H3,(H,44,49)(H,45,51). The third kappa shape index (κ3) is 6.45. The van der Waals surface area contributed by atoms with E-state index < -0.39 is 71.6 Å². The molecule has 4 heterocycles. The number of benzene rings is 3. The fourth-order valence-corrected chi connectivity index (χ4v) is 9.49. The van der Waals surface area contributed by atoms with E-state index in [1.165, 1.54) is 12.0 Å². The molecule has 4 aliphatic heterocycles. The van der Waals surface area contributed by atoms with Crippen LogP contribution in [0.5, 0.6) is 0 Å². The van der Waals surface area contributed by atoms with Crippen molar-refractivity contribution in [1.29, 1.82) is 0 Å². The summed E-state index contributed by atoms with van der Waals surface area (Å²) in [4.78, 5) is 49.3. The molecule has 11 atom stereocenters. The van der Waals surface area contributed by atoms with Gasteiger partial charge < -0.3 is 39.8 Å². The Balaban J connectivity index is 1.07. The van der Waals surface area contributed by atoms with Gasteiger partial charge in [0.25, 0.3) is 0 Å². The number of epoxide rings is 1. The van der Waals surface area contributed by atoms with Crippen LogP contribution in [0.1, 0.15) is 54.9 Å². The number of carbonyl (C=O) groups excluding carboxylic acids is 3. The number of aliphatic hydroxyl groups is 2. The highest BCUT2D eigenvalue weighted by atomic mass is 16.8. The van der Waals surface area contributed by atoms with Crippen LogP contribution >= 0.6 is 0 Å². The molecule has 2 aliphatic carbocycles. The zero-order chi connectivity index (χ0) is 38.6. The van der Waals surface area contributed by atoms with Gasteiger partial charge in [0.1, 0.15) is 35.9 Å². The molecule has 6 aliphatic rings. The summed E-state index contributed by atoms with van der Waals surface area (Å²) in [5, 5.41) is 26.9. The van der Waals surface area contributed by atoms with Gasteiger partial charge in [-0.25, -0.2) is 0 Å². The van der Waals surface area contributed by atoms with Gasteiger partial charge in [-0.2, -0.15) is 5.06 Å². The van der Waals surface area contributed by atoms with E-state index in [-0.39, 0.29) is 26.1 Å². The third-order valence-corrected chi connectivity index (χ3v) is 12.2.